The van der Waals surface area contributed by atoms with Crippen LogP contribution in [-0.4, -0.2) is 63.2 Å². The van der Waals surface area contributed by atoms with Gasteiger partial charge < -0.3 is 30.2 Å². The van der Waals surface area contributed by atoms with Crippen molar-refractivity contribution >= 4 is 17.8 Å². The molecule has 0 aliphatic carbocycles. The van der Waals surface area contributed by atoms with E-state index >= 15 is 0 Å². The number of aromatic amines is 1. The lowest BCUT2D eigenvalue weighted by Crippen LogP contribution is -2.45. The number of anilines is 1. The topological polar surface area (TPSA) is 151 Å². The summed E-state index contributed by atoms with van der Waals surface area (Å²) in [5, 5.41) is 14.5. The Morgan fingerprint density at radius 3 is 2.50 bits per heavy atom. The number of carboxylic acids is 1. The molecule has 5 rings (SSSR count). The summed E-state index contributed by atoms with van der Waals surface area (Å²) in [5.74, 6) is -1.11. The Balaban J connectivity index is 1.34. The van der Waals surface area contributed by atoms with Gasteiger partial charge in [0, 0.05) is 29.3 Å². The zero-order valence-electron chi connectivity index (χ0n) is 21.6. The first kappa shape index (κ1) is 26.9. The van der Waals surface area contributed by atoms with Crippen molar-refractivity contribution < 1.29 is 28.6 Å². The molecule has 0 spiro atoms. The molecule has 4 aromatic rings. The molecule has 0 bridgehead atoms. The average molecular weight is 547 g/mol. The number of imidazole rings is 1. The van der Waals surface area contributed by atoms with Gasteiger partial charge in [-0.15, -0.1) is 0 Å². The second-order valence-electron chi connectivity index (χ2n) is 9.68. The molecule has 1 saturated heterocycles. The molecule has 2 aromatic carbocycles. The third-order valence-corrected chi connectivity index (χ3v) is 6.25. The highest BCUT2D eigenvalue weighted by Crippen LogP contribution is 2.35. The van der Waals surface area contributed by atoms with Gasteiger partial charge in [0.25, 0.3) is 5.91 Å². The number of hydrogen-bond donors (Lipinski definition) is 4. The zero-order valence-corrected chi connectivity index (χ0v) is 21.6. The van der Waals surface area contributed by atoms with Gasteiger partial charge in [-0.25, -0.2) is 19.3 Å². The third-order valence-electron chi connectivity index (χ3n) is 6.25. The third kappa shape index (κ3) is 6.30. The number of rotatable bonds is 9. The van der Waals surface area contributed by atoms with Gasteiger partial charge >= 0.3 is 5.97 Å². The quantitative estimate of drug-likeness (QED) is 0.247. The predicted molar refractivity (Wildman–Crippen MR) is 143 cm³/mol. The molecule has 206 valence electrons. The maximum Gasteiger partial charge on any atom is 0.322 e. The number of carbonyl (C=O) groups excluding carboxylic acids is 1. The van der Waals surface area contributed by atoms with Crippen LogP contribution in [0.2, 0.25) is 0 Å². The van der Waals surface area contributed by atoms with Crippen molar-refractivity contribution in [3.63, 3.8) is 0 Å². The van der Waals surface area contributed by atoms with Crippen LogP contribution in [0.1, 0.15) is 29.4 Å². The first-order chi connectivity index (χ1) is 19.3. The lowest BCUT2D eigenvalue weighted by atomic mass is 9.92. The van der Waals surface area contributed by atoms with Gasteiger partial charge in [0.15, 0.2) is 5.82 Å². The number of amides is 1. The largest absolute Gasteiger partial charge is 0.480 e. The number of benzene rings is 2. The summed E-state index contributed by atoms with van der Waals surface area (Å²) in [6.07, 6.45) is 0.668. The van der Waals surface area contributed by atoms with Crippen LogP contribution < -0.4 is 10.6 Å². The molecule has 1 aliphatic heterocycles. The Hall–Kier alpha value is -4.68. The van der Waals surface area contributed by atoms with E-state index in [0.717, 1.165) is 0 Å². The monoisotopic (exact) mass is 546 g/mol. The molecule has 1 amide bonds. The second kappa shape index (κ2) is 11.6. The van der Waals surface area contributed by atoms with Crippen LogP contribution in [0.25, 0.3) is 22.6 Å². The molecule has 0 atom stereocenters. The van der Waals surface area contributed by atoms with Crippen molar-refractivity contribution in [2.45, 2.75) is 13.2 Å². The number of hydrogen-bond acceptors (Lipinski definition) is 8. The van der Waals surface area contributed by atoms with E-state index in [-0.39, 0.29) is 24.2 Å². The maximum absolute atomic E-state index is 13.6. The van der Waals surface area contributed by atoms with Crippen molar-refractivity contribution in [1.29, 1.82) is 0 Å². The number of carbonyl (C=O) groups is 2. The molecule has 12 heteroatoms. The summed E-state index contributed by atoms with van der Waals surface area (Å²) in [6.45, 7) is 2.55. The fraction of sp³-hybridized carbons (Fsp3) is 0.250. The summed E-state index contributed by atoms with van der Waals surface area (Å²) >= 11 is 0. The first-order valence-corrected chi connectivity index (χ1v) is 12.5. The summed E-state index contributed by atoms with van der Waals surface area (Å²) < 4.78 is 25.7. The molecule has 1 aliphatic rings. The van der Waals surface area contributed by atoms with E-state index < -0.39 is 17.7 Å². The van der Waals surface area contributed by atoms with E-state index in [0.29, 0.717) is 53.8 Å². The van der Waals surface area contributed by atoms with Crippen molar-refractivity contribution in [2.24, 2.45) is 5.41 Å². The normalized spacial score (nSPS) is 18.7. The number of halogens is 1. The molecule has 11 nitrogen and oxygen atoms in total. The Bertz CT molecular complexity index is 1490. The van der Waals surface area contributed by atoms with E-state index in [9.17, 15) is 14.0 Å². The standard InChI is InChI=1S/C28H27FN6O5/c1-28(14-32-25(38)18-5-3-2-4-6-18)15-39-26(40-16-28)24-34-22(17-7-9-19(29)10-8-17)23(35-24)20-11-12-30-27(33-20)31-13-21(36)37/h2-12,26H,13-16H2,1H3,(H,32,38)(H,34,35)(H,36,37)(H,30,31,33). The van der Waals surface area contributed by atoms with Crippen molar-refractivity contribution in [3.05, 3.63) is 84.1 Å². The minimum atomic E-state index is -1.05. The first-order valence-electron chi connectivity index (χ1n) is 12.5. The van der Waals surface area contributed by atoms with Crippen LogP contribution in [0.15, 0.2) is 66.9 Å². The van der Waals surface area contributed by atoms with Gasteiger partial charge in [-0.2, -0.15) is 0 Å². The molecule has 1 fully saturated rings. The smallest absolute Gasteiger partial charge is 0.322 e. The van der Waals surface area contributed by atoms with Crippen LogP contribution in [0.4, 0.5) is 10.3 Å². The summed E-state index contributed by atoms with van der Waals surface area (Å²) in [5.41, 5.74) is 2.15. The van der Waals surface area contributed by atoms with E-state index in [1.807, 2.05) is 13.0 Å². The fourth-order valence-electron chi connectivity index (χ4n) is 4.13. The lowest BCUT2D eigenvalue weighted by Gasteiger charge is -2.36. The Morgan fingerprint density at radius 2 is 1.80 bits per heavy atom. The number of aromatic nitrogens is 4. The minimum absolute atomic E-state index is 0.125. The van der Waals surface area contributed by atoms with Gasteiger partial charge in [-0.3, -0.25) is 9.59 Å². The van der Waals surface area contributed by atoms with Crippen LogP contribution in [0.3, 0.4) is 0 Å². The summed E-state index contributed by atoms with van der Waals surface area (Å²) in [6, 6.07) is 16.5. The summed E-state index contributed by atoms with van der Waals surface area (Å²) in [7, 11) is 0. The van der Waals surface area contributed by atoms with Crippen molar-refractivity contribution in [3.8, 4) is 22.6 Å². The summed E-state index contributed by atoms with van der Waals surface area (Å²) in [4.78, 5) is 39.8. The van der Waals surface area contributed by atoms with Crippen LogP contribution in [-0.2, 0) is 14.3 Å². The molecule has 0 saturated carbocycles. The Morgan fingerprint density at radius 1 is 1.07 bits per heavy atom. The highest BCUT2D eigenvalue weighted by Gasteiger charge is 2.35. The van der Waals surface area contributed by atoms with E-state index in [1.54, 1.807) is 42.5 Å². The minimum Gasteiger partial charge on any atom is -0.480 e. The molecule has 3 heterocycles. The highest BCUT2D eigenvalue weighted by molar-refractivity contribution is 5.94. The number of nitrogens with one attached hydrogen (secondary N) is 3. The van der Waals surface area contributed by atoms with Crippen molar-refractivity contribution in [2.75, 3.05) is 31.6 Å². The zero-order chi connectivity index (χ0) is 28.1. The SMILES string of the molecule is CC1(CNC(=O)c2ccccc2)COC(c2nc(-c3ccc(F)cc3)c(-c3ccnc(NCC(=O)O)n3)[nH]2)OC1. The lowest BCUT2D eigenvalue weighted by molar-refractivity contribution is -0.231. The van der Waals surface area contributed by atoms with Gasteiger partial charge in [0.2, 0.25) is 12.2 Å². The molecule has 0 unspecified atom stereocenters. The van der Waals surface area contributed by atoms with E-state index in [2.05, 4.69) is 25.6 Å². The van der Waals surface area contributed by atoms with E-state index in [1.165, 1.54) is 18.3 Å². The van der Waals surface area contributed by atoms with Gasteiger partial charge in [0.05, 0.1) is 30.3 Å². The number of aliphatic carboxylic acids is 1. The fourth-order valence-corrected chi connectivity index (χ4v) is 4.13. The Kier molecular flexibility index (Phi) is 7.80. The predicted octanol–water partition coefficient (Wildman–Crippen LogP) is 3.65. The van der Waals surface area contributed by atoms with Crippen LogP contribution in [0, 0.1) is 11.2 Å². The molecule has 40 heavy (non-hydrogen) atoms. The molecule has 4 N–H and O–H groups in total. The molecule has 2 aromatic heterocycles. The van der Waals surface area contributed by atoms with E-state index in [4.69, 9.17) is 19.6 Å². The number of H-pyrrole nitrogens is 1. The van der Waals surface area contributed by atoms with Gasteiger partial charge in [-0.05, 0) is 42.5 Å². The number of ether oxygens (including phenoxy) is 2. The molecular formula is C28H27FN6O5. The van der Waals surface area contributed by atoms with Crippen molar-refractivity contribution in [1.82, 2.24) is 25.3 Å². The Labute approximate surface area is 228 Å². The maximum atomic E-state index is 13.6. The number of nitrogens with zero attached hydrogens (tertiary/aromatic N) is 3. The molecular weight excluding hydrogens is 519 g/mol. The molecule has 0 radical (unpaired) electrons. The van der Waals surface area contributed by atoms with Gasteiger partial charge in [0.1, 0.15) is 12.4 Å². The highest BCUT2D eigenvalue weighted by atomic mass is 19.1. The second-order valence-corrected chi connectivity index (χ2v) is 9.68. The average Bonchev–Trinajstić information content (AvgIpc) is 3.42. The van der Waals surface area contributed by atoms with Crippen LogP contribution in [0.5, 0.6) is 0 Å². The van der Waals surface area contributed by atoms with Gasteiger partial charge in [-0.1, -0.05) is 25.1 Å². The van der Waals surface area contributed by atoms with Crippen LogP contribution >= 0.6 is 0 Å². The number of carboxylic acid groups (broad SMARTS) is 1.